The number of carbonyl (C=O) groups excluding carboxylic acids is 1. The molecule has 1 atom stereocenters. The first-order valence-electron chi connectivity index (χ1n) is 7.75. The van der Waals surface area contributed by atoms with E-state index in [1.165, 1.54) is 6.07 Å². The molecule has 146 valence electrons. The van der Waals surface area contributed by atoms with Crippen LogP contribution in [-0.2, 0) is 14.8 Å². The fourth-order valence-electron chi connectivity index (χ4n) is 2.48. The van der Waals surface area contributed by atoms with Crippen LogP contribution in [0.3, 0.4) is 0 Å². The van der Waals surface area contributed by atoms with Crippen LogP contribution in [0.4, 0.5) is 24.5 Å². The fraction of sp³-hybridized carbons (Fsp3) is 0.235. The van der Waals surface area contributed by atoms with E-state index in [0.717, 1.165) is 40.9 Å². The maximum Gasteiger partial charge on any atom is 0.248 e. The van der Waals surface area contributed by atoms with E-state index >= 15 is 0 Å². The molecule has 0 aromatic heterocycles. The number of nitrogens with zero attached hydrogens (tertiary/aromatic N) is 1. The molecule has 0 fully saturated rings. The van der Waals surface area contributed by atoms with Gasteiger partial charge in [0.1, 0.15) is 11.9 Å². The van der Waals surface area contributed by atoms with Crippen molar-refractivity contribution in [1.29, 1.82) is 0 Å². The van der Waals surface area contributed by atoms with Crippen molar-refractivity contribution in [3.63, 3.8) is 0 Å². The fourth-order valence-corrected chi connectivity index (χ4v) is 3.86. The highest BCUT2D eigenvalue weighted by Gasteiger charge is 2.32. The molecule has 0 heterocycles. The van der Waals surface area contributed by atoms with E-state index in [1.54, 1.807) is 6.92 Å². The standard InChI is InChI=1S/C17H16ClF3N2O3S/c1-3-16(17(24)22-10-4-6-14(20)15(21)8-10)23(27(2,25)26)11-5-7-13(19)12(18)9-11/h4-9,16H,3H2,1-2H3,(H,22,24). The summed E-state index contributed by atoms with van der Waals surface area (Å²) in [5, 5.41) is 2.04. The Balaban J connectivity index is 2.40. The van der Waals surface area contributed by atoms with Crippen molar-refractivity contribution in [3.8, 4) is 0 Å². The van der Waals surface area contributed by atoms with Gasteiger partial charge >= 0.3 is 0 Å². The van der Waals surface area contributed by atoms with Crippen LogP contribution < -0.4 is 9.62 Å². The third-order valence-corrected chi connectivity index (χ3v) is 5.14. The first kappa shape index (κ1) is 21.0. The van der Waals surface area contributed by atoms with Crippen LogP contribution in [0, 0.1) is 17.5 Å². The summed E-state index contributed by atoms with van der Waals surface area (Å²) in [6.07, 6.45) is 0.940. The molecular formula is C17H16ClF3N2O3S. The molecule has 0 saturated heterocycles. The summed E-state index contributed by atoms with van der Waals surface area (Å²) in [5.41, 5.74) is -0.0425. The zero-order valence-corrected chi connectivity index (χ0v) is 15.9. The second-order valence-corrected chi connectivity index (χ2v) is 7.97. The minimum absolute atomic E-state index is 0.00353. The molecule has 5 nitrogen and oxygen atoms in total. The second-order valence-electron chi connectivity index (χ2n) is 5.70. The number of hydrogen-bond donors (Lipinski definition) is 1. The molecule has 27 heavy (non-hydrogen) atoms. The molecule has 1 unspecified atom stereocenters. The van der Waals surface area contributed by atoms with Crippen LogP contribution in [-0.4, -0.2) is 26.6 Å². The Morgan fingerprint density at radius 2 is 1.74 bits per heavy atom. The van der Waals surface area contributed by atoms with Gasteiger partial charge in [0.25, 0.3) is 0 Å². The molecule has 0 bridgehead atoms. The van der Waals surface area contributed by atoms with Crippen molar-refractivity contribution in [2.45, 2.75) is 19.4 Å². The van der Waals surface area contributed by atoms with Gasteiger partial charge in [-0.2, -0.15) is 0 Å². The Labute approximate surface area is 159 Å². The first-order valence-corrected chi connectivity index (χ1v) is 9.97. The molecule has 2 rings (SSSR count). The average Bonchev–Trinajstić information content (AvgIpc) is 2.57. The zero-order valence-electron chi connectivity index (χ0n) is 14.3. The van der Waals surface area contributed by atoms with Crippen LogP contribution in [0.2, 0.25) is 5.02 Å². The van der Waals surface area contributed by atoms with Crippen molar-refractivity contribution in [3.05, 3.63) is 58.9 Å². The van der Waals surface area contributed by atoms with Gasteiger partial charge in [0.15, 0.2) is 11.6 Å². The smallest absolute Gasteiger partial charge is 0.248 e. The minimum Gasteiger partial charge on any atom is -0.324 e. The monoisotopic (exact) mass is 420 g/mol. The molecule has 2 aromatic carbocycles. The molecular weight excluding hydrogens is 405 g/mol. The van der Waals surface area contributed by atoms with E-state index in [-0.39, 0.29) is 22.8 Å². The molecule has 2 aromatic rings. The van der Waals surface area contributed by atoms with Gasteiger partial charge in [-0.25, -0.2) is 21.6 Å². The molecule has 0 aliphatic heterocycles. The lowest BCUT2D eigenvalue weighted by atomic mass is 10.1. The van der Waals surface area contributed by atoms with Gasteiger partial charge in [-0.05, 0) is 36.8 Å². The normalized spacial score (nSPS) is 12.5. The highest BCUT2D eigenvalue weighted by molar-refractivity contribution is 7.92. The van der Waals surface area contributed by atoms with Gasteiger partial charge in [-0.3, -0.25) is 9.10 Å². The molecule has 1 amide bonds. The highest BCUT2D eigenvalue weighted by atomic mass is 35.5. The largest absolute Gasteiger partial charge is 0.324 e. The van der Waals surface area contributed by atoms with E-state index in [4.69, 9.17) is 11.6 Å². The number of anilines is 2. The highest BCUT2D eigenvalue weighted by Crippen LogP contribution is 2.28. The molecule has 1 N–H and O–H groups in total. The SMILES string of the molecule is CCC(C(=O)Nc1ccc(F)c(F)c1)N(c1ccc(F)c(Cl)c1)S(C)(=O)=O. The summed E-state index contributed by atoms with van der Waals surface area (Å²) in [4.78, 5) is 12.6. The van der Waals surface area contributed by atoms with E-state index in [1.807, 2.05) is 0 Å². The Kier molecular flexibility index (Phi) is 6.38. The Morgan fingerprint density at radius 3 is 2.26 bits per heavy atom. The van der Waals surface area contributed by atoms with Crippen molar-refractivity contribution >= 4 is 38.9 Å². The molecule has 0 radical (unpaired) electrons. The van der Waals surface area contributed by atoms with E-state index in [9.17, 15) is 26.4 Å². The van der Waals surface area contributed by atoms with Crippen molar-refractivity contribution < 1.29 is 26.4 Å². The lowest BCUT2D eigenvalue weighted by molar-refractivity contribution is -0.117. The average molecular weight is 421 g/mol. The number of nitrogens with one attached hydrogen (secondary N) is 1. The van der Waals surface area contributed by atoms with Gasteiger partial charge in [-0.15, -0.1) is 0 Å². The van der Waals surface area contributed by atoms with Crippen LogP contribution >= 0.6 is 11.6 Å². The van der Waals surface area contributed by atoms with Gasteiger partial charge in [-0.1, -0.05) is 18.5 Å². The van der Waals surface area contributed by atoms with Gasteiger partial charge in [0.05, 0.1) is 17.0 Å². The lowest BCUT2D eigenvalue weighted by Gasteiger charge is -2.30. The van der Waals surface area contributed by atoms with Crippen LogP contribution in [0.15, 0.2) is 36.4 Å². The molecule has 0 spiro atoms. The zero-order chi connectivity index (χ0) is 20.4. The van der Waals surface area contributed by atoms with E-state index in [2.05, 4.69) is 5.32 Å². The number of benzene rings is 2. The minimum atomic E-state index is -3.95. The summed E-state index contributed by atoms with van der Waals surface area (Å²) < 4.78 is 65.1. The van der Waals surface area contributed by atoms with Gasteiger partial charge in [0, 0.05) is 11.8 Å². The molecule has 0 saturated carbocycles. The van der Waals surface area contributed by atoms with Gasteiger partial charge < -0.3 is 5.32 Å². The predicted molar refractivity (Wildman–Crippen MR) is 97.8 cm³/mol. The lowest BCUT2D eigenvalue weighted by Crippen LogP contribution is -2.47. The summed E-state index contributed by atoms with van der Waals surface area (Å²) in [6, 6.07) is 4.77. The predicted octanol–water partition coefficient (Wildman–Crippen LogP) is 3.94. The quantitative estimate of drug-likeness (QED) is 0.769. The number of carbonyl (C=O) groups is 1. The van der Waals surface area contributed by atoms with E-state index < -0.39 is 39.4 Å². The van der Waals surface area contributed by atoms with Crippen LogP contribution in [0.5, 0.6) is 0 Å². The number of amides is 1. The second kappa shape index (κ2) is 8.18. The van der Waals surface area contributed by atoms with Crippen molar-refractivity contribution in [2.24, 2.45) is 0 Å². The number of rotatable bonds is 6. The number of halogens is 4. The Morgan fingerprint density at radius 1 is 1.11 bits per heavy atom. The van der Waals surface area contributed by atoms with Crippen molar-refractivity contribution in [1.82, 2.24) is 0 Å². The summed E-state index contributed by atoms with van der Waals surface area (Å²) in [7, 11) is -3.95. The Hall–Kier alpha value is -2.26. The maximum absolute atomic E-state index is 13.4. The molecule has 10 heteroatoms. The van der Waals surface area contributed by atoms with Gasteiger partial charge in [0.2, 0.25) is 15.9 Å². The van der Waals surface area contributed by atoms with Crippen LogP contribution in [0.1, 0.15) is 13.3 Å². The van der Waals surface area contributed by atoms with Crippen molar-refractivity contribution in [2.75, 3.05) is 15.9 Å². The third-order valence-electron chi connectivity index (χ3n) is 3.67. The number of hydrogen-bond acceptors (Lipinski definition) is 3. The first-order chi connectivity index (χ1) is 12.5. The third kappa shape index (κ3) is 4.92. The summed E-state index contributed by atoms with van der Waals surface area (Å²) >= 11 is 5.72. The Bertz CT molecular complexity index is 970. The molecule has 0 aliphatic rings. The van der Waals surface area contributed by atoms with E-state index in [0.29, 0.717) is 0 Å². The summed E-state index contributed by atoms with van der Waals surface area (Å²) in [5.74, 6) is -3.76. The maximum atomic E-state index is 13.4. The topological polar surface area (TPSA) is 66.5 Å². The molecule has 0 aliphatic carbocycles. The number of sulfonamides is 1. The summed E-state index contributed by atoms with van der Waals surface area (Å²) in [6.45, 7) is 1.57. The van der Waals surface area contributed by atoms with Crippen LogP contribution in [0.25, 0.3) is 0 Å².